The molecule has 3 aromatic rings. The van der Waals surface area contributed by atoms with Crippen LogP contribution in [0.4, 0.5) is 15.2 Å². The SMILES string of the molecule is C[C@@H]1Sc2ccc(C(=O)Nc3nc(-c4ccc(F)cc4)cs3)cc2NC1=O. The van der Waals surface area contributed by atoms with Crippen LogP contribution in [0.1, 0.15) is 17.3 Å². The molecule has 0 bridgehead atoms. The van der Waals surface area contributed by atoms with Gasteiger partial charge in [0.1, 0.15) is 5.82 Å². The summed E-state index contributed by atoms with van der Waals surface area (Å²) in [7, 11) is 0. The minimum atomic E-state index is -0.311. The molecule has 0 aliphatic carbocycles. The summed E-state index contributed by atoms with van der Waals surface area (Å²) in [5.41, 5.74) is 2.51. The van der Waals surface area contributed by atoms with Gasteiger partial charge in [0.25, 0.3) is 5.91 Å². The van der Waals surface area contributed by atoms with Crippen molar-refractivity contribution in [2.24, 2.45) is 0 Å². The number of carbonyl (C=O) groups is 2. The highest BCUT2D eigenvalue weighted by molar-refractivity contribution is 8.00. The molecule has 0 unspecified atom stereocenters. The second-order valence-corrected chi connectivity index (χ2v) is 8.20. The smallest absolute Gasteiger partial charge is 0.257 e. The van der Waals surface area contributed by atoms with E-state index in [1.54, 1.807) is 29.6 Å². The minimum Gasteiger partial charge on any atom is -0.324 e. The van der Waals surface area contributed by atoms with Gasteiger partial charge in [0, 0.05) is 21.4 Å². The lowest BCUT2D eigenvalue weighted by Crippen LogP contribution is -2.26. The summed E-state index contributed by atoms with van der Waals surface area (Å²) in [6.45, 7) is 1.84. The van der Waals surface area contributed by atoms with Gasteiger partial charge in [-0.25, -0.2) is 9.37 Å². The third-order valence-electron chi connectivity index (χ3n) is 4.04. The molecule has 27 heavy (non-hydrogen) atoms. The molecule has 1 aliphatic rings. The molecule has 0 fully saturated rings. The van der Waals surface area contributed by atoms with E-state index in [4.69, 9.17) is 0 Å². The highest BCUT2D eigenvalue weighted by Gasteiger charge is 2.24. The van der Waals surface area contributed by atoms with Gasteiger partial charge < -0.3 is 5.32 Å². The monoisotopic (exact) mass is 399 g/mol. The molecule has 4 rings (SSSR count). The normalized spacial score (nSPS) is 15.8. The quantitative estimate of drug-likeness (QED) is 0.673. The lowest BCUT2D eigenvalue weighted by Gasteiger charge is -2.21. The average molecular weight is 399 g/mol. The number of hydrogen-bond donors (Lipinski definition) is 2. The maximum Gasteiger partial charge on any atom is 0.257 e. The van der Waals surface area contributed by atoms with E-state index in [0.717, 1.165) is 10.5 Å². The third-order valence-corrected chi connectivity index (χ3v) is 5.97. The molecule has 2 aromatic carbocycles. The Balaban J connectivity index is 1.51. The first-order valence-corrected chi connectivity index (χ1v) is 9.90. The van der Waals surface area contributed by atoms with Crippen LogP contribution in [0, 0.1) is 5.82 Å². The van der Waals surface area contributed by atoms with Gasteiger partial charge in [-0.15, -0.1) is 23.1 Å². The predicted molar refractivity (Wildman–Crippen MR) is 106 cm³/mol. The van der Waals surface area contributed by atoms with E-state index in [-0.39, 0.29) is 22.9 Å². The summed E-state index contributed by atoms with van der Waals surface area (Å²) in [5, 5.41) is 7.67. The first kappa shape index (κ1) is 17.7. The number of benzene rings is 2. The topological polar surface area (TPSA) is 71.1 Å². The number of halogens is 1. The Labute approximate surface area is 163 Å². The molecule has 0 radical (unpaired) electrons. The number of carbonyl (C=O) groups excluding carboxylic acids is 2. The maximum absolute atomic E-state index is 13.0. The fraction of sp³-hybridized carbons (Fsp3) is 0.105. The van der Waals surface area contributed by atoms with E-state index >= 15 is 0 Å². The van der Waals surface area contributed by atoms with Gasteiger partial charge in [-0.05, 0) is 49.4 Å². The first-order chi connectivity index (χ1) is 13.0. The van der Waals surface area contributed by atoms with E-state index in [0.29, 0.717) is 22.1 Å². The molecule has 0 saturated heterocycles. The summed E-state index contributed by atoms with van der Waals surface area (Å²) >= 11 is 2.76. The zero-order chi connectivity index (χ0) is 19.0. The first-order valence-electron chi connectivity index (χ1n) is 8.14. The lowest BCUT2D eigenvalue weighted by molar-refractivity contribution is -0.115. The standard InChI is InChI=1S/C19H14FN3O2S2/c1-10-17(24)21-14-8-12(4-7-16(14)27-10)18(25)23-19-22-15(9-26-19)11-2-5-13(20)6-3-11/h2-10H,1H3,(H,21,24)(H,22,23,25)/t10-/m0/s1. The average Bonchev–Trinajstić information content (AvgIpc) is 3.11. The Kier molecular flexibility index (Phi) is 4.67. The number of nitrogens with zero attached hydrogens (tertiary/aromatic N) is 1. The van der Waals surface area contributed by atoms with E-state index in [1.807, 2.05) is 13.0 Å². The summed E-state index contributed by atoms with van der Waals surface area (Å²) < 4.78 is 13.0. The molecule has 0 saturated carbocycles. The number of amides is 2. The van der Waals surface area contributed by atoms with E-state index in [2.05, 4.69) is 15.6 Å². The molecule has 1 aromatic heterocycles. The molecule has 5 nitrogen and oxygen atoms in total. The lowest BCUT2D eigenvalue weighted by atomic mass is 10.1. The number of thioether (sulfide) groups is 1. The summed E-state index contributed by atoms with van der Waals surface area (Å²) in [4.78, 5) is 29.7. The predicted octanol–water partition coefficient (Wildman–Crippen LogP) is 4.63. The summed E-state index contributed by atoms with van der Waals surface area (Å²) in [5.74, 6) is -0.695. The Morgan fingerprint density at radius 2 is 2.00 bits per heavy atom. The highest BCUT2D eigenvalue weighted by Crippen LogP contribution is 2.36. The van der Waals surface area contributed by atoms with Gasteiger partial charge >= 0.3 is 0 Å². The highest BCUT2D eigenvalue weighted by atomic mass is 32.2. The summed E-state index contributed by atoms with van der Waals surface area (Å²) in [6, 6.07) is 11.2. The Bertz CT molecular complexity index is 1030. The van der Waals surface area contributed by atoms with Crippen LogP contribution in [0.2, 0.25) is 0 Å². The van der Waals surface area contributed by atoms with Crippen molar-refractivity contribution < 1.29 is 14.0 Å². The van der Waals surface area contributed by atoms with Crippen LogP contribution in [0.25, 0.3) is 11.3 Å². The largest absolute Gasteiger partial charge is 0.324 e. The van der Waals surface area contributed by atoms with Crippen LogP contribution in [0.5, 0.6) is 0 Å². The number of aromatic nitrogens is 1. The van der Waals surface area contributed by atoms with Crippen LogP contribution in [0.3, 0.4) is 0 Å². The van der Waals surface area contributed by atoms with Crippen molar-refractivity contribution in [1.29, 1.82) is 0 Å². The maximum atomic E-state index is 13.0. The summed E-state index contributed by atoms with van der Waals surface area (Å²) in [6.07, 6.45) is 0. The van der Waals surface area contributed by atoms with Crippen LogP contribution in [0.15, 0.2) is 52.7 Å². The van der Waals surface area contributed by atoms with Crippen molar-refractivity contribution in [3.05, 3.63) is 59.2 Å². The molecule has 136 valence electrons. The van der Waals surface area contributed by atoms with Gasteiger partial charge in [-0.2, -0.15) is 0 Å². The van der Waals surface area contributed by atoms with Crippen molar-refractivity contribution in [2.75, 3.05) is 10.6 Å². The fourth-order valence-electron chi connectivity index (χ4n) is 2.60. The van der Waals surface area contributed by atoms with Crippen LogP contribution < -0.4 is 10.6 Å². The van der Waals surface area contributed by atoms with E-state index in [9.17, 15) is 14.0 Å². The number of hydrogen-bond acceptors (Lipinski definition) is 5. The third kappa shape index (κ3) is 3.72. The Morgan fingerprint density at radius 3 is 2.78 bits per heavy atom. The molecule has 2 heterocycles. The second-order valence-electron chi connectivity index (χ2n) is 5.96. The molecule has 8 heteroatoms. The van der Waals surface area contributed by atoms with Gasteiger partial charge in [0.15, 0.2) is 5.13 Å². The van der Waals surface area contributed by atoms with Crippen molar-refractivity contribution >= 4 is 45.7 Å². The molecule has 0 spiro atoms. The van der Waals surface area contributed by atoms with Crippen LogP contribution in [-0.4, -0.2) is 22.0 Å². The van der Waals surface area contributed by atoms with Crippen molar-refractivity contribution in [2.45, 2.75) is 17.1 Å². The fourth-order valence-corrected chi connectivity index (χ4v) is 4.25. The molecule has 2 amide bonds. The van der Waals surface area contributed by atoms with E-state index in [1.165, 1.54) is 35.2 Å². The molecule has 2 N–H and O–H groups in total. The molecular formula is C19H14FN3O2S2. The zero-order valence-electron chi connectivity index (χ0n) is 14.2. The Hall–Kier alpha value is -2.71. The number of thiazole rings is 1. The molecule has 1 atom stereocenters. The number of nitrogens with one attached hydrogen (secondary N) is 2. The minimum absolute atomic E-state index is 0.0751. The number of fused-ring (bicyclic) bond motifs is 1. The number of rotatable bonds is 3. The molecule has 1 aliphatic heterocycles. The van der Waals surface area contributed by atoms with Gasteiger partial charge in [0.2, 0.25) is 5.91 Å². The number of anilines is 2. The van der Waals surface area contributed by atoms with Gasteiger partial charge in [0.05, 0.1) is 16.6 Å². The second kappa shape index (κ2) is 7.13. The van der Waals surface area contributed by atoms with Gasteiger partial charge in [-0.3, -0.25) is 14.9 Å². The Morgan fingerprint density at radius 1 is 1.22 bits per heavy atom. The van der Waals surface area contributed by atoms with E-state index < -0.39 is 0 Å². The van der Waals surface area contributed by atoms with Crippen LogP contribution >= 0.6 is 23.1 Å². The van der Waals surface area contributed by atoms with Crippen molar-refractivity contribution in [1.82, 2.24) is 4.98 Å². The van der Waals surface area contributed by atoms with Gasteiger partial charge in [-0.1, -0.05) is 0 Å². The van der Waals surface area contributed by atoms with Crippen LogP contribution in [-0.2, 0) is 4.79 Å². The van der Waals surface area contributed by atoms with Crippen molar-refractivity contribution in [3.63, 3.8) is 0 Å². The molecular weight excluding hydrogens is 385 g/mol. The zero-order valence-corrected chi connectivity index (χ0v) is 15.8. The van der Waals surface area contributed by atoms with Crippen molar-refractivity contribution in [3.8, 4) is 11.3 Å².